The maximum absolute atomic E-state index is 9.53. The molecule has 0 saturated heterocycles. The van der Waals surface area contributed by atoms with Gasteiger partial charge in [-0.25, -0.2) is 0 Å². The third kappa shape index (κ3) is 3.45. The molecule has 0 saturated carbocycles. The quantitative estimate of drug-likeness (QED) is 0.861. The average Bonchev–Trinajstić information content (AvgIpc) is 2.46. The van der Waals surface area contributed by atoms with Gasteiger partial charge in [-0.15, -0.1) is 0 Å². The molecule has 1 aromatic heterocycles. The second-order valence-corrected chi connectivity index (χ2v) is 4.36. The lowest BCUT2D eigenvalue weighted by molar-refractivity contribution is 0.414. The Bertz CT molecular complexity index is 556. The van der Waals surface area contributed by atoms with Gasteiger partial charge in [0.05, 0.1) is 13.3 Å². The molecule has 0 unspecified atom stereocenters. The third-order valence-electron chi connectivity index (χ3n) is 3.05. The molecule has 1 aromatic carbocycles. The number of nitrogens with two attached hydrogens (primary N) is 1. The topological polar surface area (TPSA) is 68.4 Å². The summed E-state index contributed by atoms with van der Waals surface area (Å²) >= 11 is 0. The molecule has 3 N–H and O–H groups in total. The minimum Gasteiger partial charge on any atom is -0.506 e. The van der Waals surface area contributed by atoms with Crippen LogP contribution in [0.5, 0.6) is 11.5 Å². The Labute approximate surface area is 112 Å². The summed E-state index contributed by atoms with van der Waals surface area (Å²) in [7, 11) is 1.66. The summed E-state index contributed by atoms with van der Waals surface area (Å²) in [5.41, 5.74) is 8.42. The molecule has 1 heterocycles. The lowest BCUT2D eigenvalue weighted by Gasteiger charge is -2.06. The van der Waals surface area contributed by atoms with E-state index < -0.39 is 0 Å². The van der Waals surface area contributed by atoms with Gasteiger partial charge in [-0.3, -0.25) is 4.98 Å². The zero-order chi connectivity index (χ0) is 13.7. The molecule has 0 atom stereocenters. The zero-order valence-corrected chi connectivity index (χ0v) is 11.0. The fourth-order valence-electron chi connectivity index (χ4n) is 1.94. The van der Waals surface area contributed by atoms with Crippen molar-refractivity contribution in [2.75, 3.05) is 7.11 Å². The van der Waals surface area contributed by atoms with Crippen LogP contribution in [0.4, 0.5) is 0 Å². The maximum atomic E-state index is 9.53. The molecule has 19 heavy (non-hydrogen) atoms. The third-order valence-corrected chi connectivity index (χ3v) is 3.05. The van der Waals surface area contributed by atoms with Gasteiger partial charge in [-0.05, 0) is 36.6 Å². The number of benzene rings is 1. The van der Waals surface area contributed by atoms with Crippen molar-refractivity contribution in [3.8, 4) is 11.5 Å². The van der Waals surface area contributed by atoms with Crippen molar-refractivity contribution >= 4 is 0 Å². The minimum absolute atomic E-state index is 0.160. The SMILES string of the molecule is COc1cccc(CCc2cc(CN)c(O)cn2)c1. The molecule has 2 rings (SSSR count). The van der Waals surface area contributed by atoms with Gasteiger partial charge in [0.15, 0.2) is 0 Å². The minimum atomic E-state index is 0.160. The van der Waals surface area contributed by atoms with Crippen LogP contribution in [0.2, 0.25) is 0 Å². The van der Waals surface area contributed by atoms with E-state index in [0.29, 0.717) is 6.54 Å². The second kappa shape index (κ2) is 6.20. The molecular formula is C15H18N2O2. The lowest BCUT2D eigenvalue weighted by atomic mass is 10.1. The van der Waals surface area contributed by atoms with Crippen LogP contribution in [0.25, 0.3) is 0 Å². The highest BCUT2D eigenvalue weighted by atomic mass is 16.5. The maximum Gasteiger partial charge on any atom is 0.138 e. The van der Waals surface area contributed by atoms with Gasteiger partial charge in [0.2, 0.25) is 0 Å². The van der Waals surface area contributed by atoms with Crippen molar-refractivity contribution in [1.29, 1.82) is 0 Å². The van der Waals surface area contributed by atoms with Gasteiger partial charge in [0.25, 0.3) is 0 Å². The zero-order valence-electron chi connectivity index (χ0n) is 11.0. The first kappa shape index (κ1) is 13.4. The second-order valence-electron chi connectivity index (χ2n) is 4.36. The van der Waals surface area contributed by atoms with E-state index in [1.807, 2.05) is 24.3 Å². The van der Waals surface area contributed by atoms with Gasteiger partial charge >= 0.3 is 0 Å². The Kier molecular flexibility index (Phi) is 4.36. The molecule has 0 aliphatic heterocycles. The molecule has 0 aliphatic rings. The first-order valence-corrected chi connectivity index (χ1v) is 6.22. The number of hydrogen-bond donors (Lipinski definition) is 2. The summed E-state index contributed by atoms with van der Waals surface area (Å²) in [4.78, 5) is 4.21. The molecule has 0 spiro atoms. The smallest absolute Gasteiger partial charge is 0.138 e. The van der Waals surface area contributed by atoms with E-state index in [-0.39, 0.29) is 5.75 Å². The Morgan fingerprint density at radius 1 is 1.26 bits per heavy atom. The number of aromatic nitrogens is 1. The average molecular weight is 258 g/mol. The number of rotatable bonds is 5. The van der Waals surface area contributed by atoms with Crippen LogP contribution in [-0.4, -0.2) is 17.2 Å². The standard InChI is InChI=1S/C15H18N2O2/c1-19-14-4-2-3-11(7-14)5-6-13-8-12(9-16)15(18)10-17-13/h2-4,7-8,10,18H,5-6,9,16H2,1H3. The van der Waals surface area contributed by atoms with E-state index in [2.05, 4.69) is 11.1 Å². The summed E-state index contributed by atoms with van der Waals surface area (Å²) in [5.74, 6) is 1.02. The highest BCUT2D eigenvalue weighted by Crippen LogP contribution is 2.18. The number of nitrogens with zero attached hydrogens (tertiary/aromatic N) is 1. The number of methoxy groups -OCH3 is 1. The number of aryl methyl sites for hydroxylation is 2. The highest BCUT2D eigenvalue weighted by molar-refractivity contribution is 5.32. The Balaban J connectivity index is 2.05. The molecule has 0 fully saturated rings. The van der Waals surface area contributed by atoms with Gasteiger partial charge in [-0.1, -0.05) is 12.1 Å². The summed E-state index contributed by atoms with van der Waals surface area (Å²) in [6.45, 7) is 0.320. The Hall–Kier alpha value is -2.07. The predicted octanol–water partition coefficient (Wildman–Crippen LogP) is 2.04. The van der Waals surface area contributed by atoms with Crippen LogP contribution < -0.4 is 10.5 Å². The Morgan fingerprint density at radius 2 is 2.11 bits per heavy atom. The molecule has 0 bridgehead atoms. The molecule has 0 radical (unpaired) electrons. The van der Waals surface area contributed by atoms with E-state index in [9.17, 15) is 5.11 Å². The van der Waals surface area contributed by atoms with Crippen molar-refractivity contribution in [2.45, 2.75) is 19.4 Å². The number of hydrogen-bond acceptors (Lipinski definition) is 4. The molecule has 0 aliphatic carbocycles. The molecule has 4 heteroatoms. The normalized spacial score (nSPS) is 10.4. The van der Waals surface area contributed by atoms with Crippen molar-refractivity contribution in [2.24, 2.45) is 5.73 Å². The molecule has 0 amide bonds. The largest absolute Gasteiger partial charge is 0.506 e. The van der Waals surface area contributed by atoms with E-state index in [0.717, 1.165) is 29.8 Å². The number of aromatic hydroxyl groups is 1. The molecule has 2 aromatic rings. The monoisotopic (exact) mass is 258 g/mol. The molecule has 100 valence electrons. The van der Waals surface area contributed by atoms with E-state index >= 15 is 0 Å². The van der Waals surface area contributed by atoms with Crippen LogP contribution in [-0.2, 0) is 19.4 Å². The molecular weight excluding hydrogens is 240 g/mol. The van der Waals surface area contributed by atoms with Crippen molar-refractivity contribution in [3.63, 3.8) is 0 Å². The van der Waals surface area contributed by atoms with Gasteiger partial charge in [-0.2, -0.15) is 0 Å². The predicted molar refractivity (Wildman–Crippen MR) is 74.2 cm³/mol. The highest BCUT2D eigenvalue weighted by Gasteiger charge is 2.03. The van der Waals surface area contributed by atoms with Crippen LogP contribution in [0.3, 0.4) is 0 Å². The Morgan fingerprint density at radius 3 is 2.84 bits per heavy atom. The molecule has 4 nitrogen and oxygen atoms in total. The first-order valence-electron chi connectivity index (χ1n) is 6.22. The van der Waals surface area contributed by atoms with E-state index in [4.69, 9.17) is 10.5 Å². The van der Waals surface area contributed by atoms with Crippen molar-refractivity contribution < 1.29 is 9.84 Å². The lowest BCUT2D eigenvalue weighted by Crippen LogP contribution is -2.01. The number of ether oxygens (including phenoxy) is 1. The summed E-state index contributed by atoms with van der Waals surface area (Å²) < 4.78 is 5.19. The van der Waals surface area contributed by atoms with Crippen molar-refractivity contribution in [1.82, 2.24) is 4.98 Å². The fraction of sp³-hybridized carbons (Fsp3) is 0.267. The van der Waals surface area contributed by atoms with Gasteiger partial charge in [0, 0.05) is 17.8 Å². The van der Waals surface area contributed by atoms with Gasteiger partial charge in [0.1, 0.15) is 11.5 Å². The van der Waals surface area contributed by atoms with Crippen LogP contribution in [0, 0.1) is 0 Å². The van der Waals surface area contributed by atoms with Crippen LogP contribution >= 0.6 is 0 Å². The first-order chi connectivity index (χ1) is 9.22. The van der Waals surface area contributed by atoms with Gasteiger partial charge < -0.3 is 15.6 Å². The van der Waals surface area contributed by atoms with E-state index in [1.165, 1.54) is 11.8 Å². The van der Waals surface area contributed by atoms with E-state index in [1.54, 1.807) is 7.11 Å². The summed E-state index contributed by atoms with van der Waals surface area (Å²) in [6, 6.07) is 9.84. The van der Waals surface area contributed by atoms with Crippen molar-refractivity contribution in [3.05, 3.63) is 53.3 Å². The summed E-state index contributed by atoms with van der Waals surface area (Å²) in [6.07, 6.45) is 3.14. The fourth-order valence-corrected chi connectivity index (χ4v) is 1.94. The van der Waals surface area contributed by atoms with Crippen LogP contribution in [0.15, 0.2) is 36.5 Å². The van der Waals surface area contributed by atoms with Crippen LogP contribution in [0.1, 0.15) is 16.8 Å². The number of pyridine rings is 1. The summed E-state index contributed by atoms with van der Waals surface area (Å²) in [5, 5.41) is 9.53.